The van der Waals surface area contributed by atoms with E-state index in [-0.39, 0.29) is 12.3 Å². The van der Waals surface area contributed by atoms with Crippen molar-refractivity contribution < 1.29 is 13.2 Å². The number of rotatable bonds is 3. The summed E-state index contributed by atoms with van der Waals surface area (Å²) in [6, 6.07) is 7.06. The second-order valence-corrected chi connectivity index (χ2v) is 8.22. The maximum Gasteiger partial charge on any atom is 0.228 e. The lowest BCUT2D eigenvalue weighted by Gasteiger charge is -2.34. The molecule has 2 rings (SSSR count). The molecule has 7 heteroatoms. The van der Waals surface area contributed by atoms with Crippen molar-refractivity contribution in [2.75, 3.05) is 30.0 Å². The molecule has 1 aromatic carbocycles. The molecular formula is C13H18N2O3S2. The van der Waals surface area contributed by atoms with E-state index in [1.807, 2.05) is 0 Å². The Morgan fingerprint density at radius 2 is 2.05 bits per heavy atom. The Hall–Kier alpha value is -1.21. The molecule has 1 aliphatic rings. The third kappa shape index (κ3) is 3.67. The maximum absolute atomic E-state index is 12.3. The first-order valence-electron chi connectivity index (χ1n) is 6.28. The Morgan fingerprint density at radius 1 is 1.40 bits per heavy atom. The second kappa shape index (κ2) is 6.05. The van der Waals surface area contributed by atoms with Crippen LogP contribution in [0.15, 0.2) is 24.3 Å². The van der Waals surface area contributed by atoms with Gasteiger partial charge in [0.05, 0.1) is 6.42 Å². The molecule has 2 N–H and O–H groups in total. The number of nitrogen functional groups attached to an aromatic ring is 1. The highest BCUT2D eigenvalue weighted by molar-refractivity contribution is 8.00. The highest BCUT2D eigenvalue weighted by Gasteiger charge is 2.33. The Bertz CT molecular complexity index is 584. The molecule has 0 aromatic heterocycles. The van der Waals surface area contributed by atoms with Gasteiger partial charge in [0.15, 0.2) is 9.84 Å². The van der Waals surface area contributed by atoms with Crippen molar-refractivity contribution in [2.45, 2.75) is 11.8 Å². The minimum absolute atomic E-state index is 0.148. The van der Waals surface area contributed by atoms with Crippen LogP contribution in [0.25, 0.3) is 0 Å². The summed E-state index contributed by atoms with van der Waals surface area (Å²) in [5, 5.41) is -0.706. The molecule has 20 heavy (non-hydrogen) atoms. The fraction of sp³-hybridized carbons (Fsp3) is 0.462. The van der Waals surface area contributed by atoms with Crippen LogP contribution in [0.2, 0.25) is 0 Å². The predicted octanol–water partition coefficient (Wildman–Crippen LogP) is 0.757. The zero-order chi connectivity index (χ0) is 14.8. The van der Waals surface area contributed by atoms with Gasteiger partial charge in [-0.3, -0.25) is 4.79 Å². The summed E-state index contributed by atoms with van der Waals surface area (Å²) in [5.74, 6) is 1.08. The van der Waals surface area contributed by atoms with Gasteiger partial charge in [0, 0.05) is 30.0 Å². The van der Waals surface area contributed by atoms with E-state index in [1.54, 1.807) is 36.0 Å². The number of thioether (sulfide) groups is 1. The van der Waals surface area contributed by atoms with Gasteiger partial charge in [-0.2, -0.15) is 11.8 Å². The molecule has 1 heterocycles. The van der Waals surface area contributed by atoms with Crippen molar-refractivity contribution in [2.24, 2.45) is 0 Å². The summed E-state index contributed by atoms with van der Waals surface area (Å²) >= 11 is 1.57. The van der Waals surface area contributed by atoms with Gasteiger partial charge in [-0.05, 0) is 17.7 Å². The third-order valence-electron chi connectivity index (χ3n) is 3.23. The molecule has 1 atom stereocenters. The molecule has 1 aliphatic heterocycles. The van der Waals surface area contributed by atoms with E-state index in [2.05, 4.69) is 0 Å². The van der Waals surface area contributed by atoms with Crippen LogP contribution in [0, 0.1) is 0 Å². The Labute approximate surface area is 123 Å². The lowest BCUT2D eigenvalue weighted by atomic mass is 10.1. The van der Waals surface area contributed by atoms with Gasteiger partial charge in [0.2, 0.25) is 5.91 Å². The van der Waals surface area contributed by atoms with Crippen molar-refractivity contribution in [3.05, 3.63) is 29.8 Å². The van der Waals surface area contributed by atoms with E-state index < -0.39 is 15.2 Å². The van der Waals surface area contributed by atoms with Crippen molar-refractivity contribution >= 4 is 33.2 Å². The van der Waals surface area contributed by atoms with Crippen molar-refractivity contribution in [3.8, 4) is 0 Å². The number of nitrogens with zero attached hydrogens (tertiary/aromatic N) is 1. The molecule has 1 unspecified atom stereocenters. The van der Waals surface area contributed by atoms with Crippen LogP contribution in [0.3, 0.4) is 0 Å². The van der Waals surface area contributed by atoms with Crippen LogP contribution in [-0.4, -0.2) is 48.9 Å². The molecule has 0 spiro atoms. The van der Waals surface area contributed by atoms with E-state index in [0.717, 1.165) is 11.3 Å². The van der Waals surface area contributed by atoms with Crippen molar-refractivity contribution in [3.63, 3.8) is 0 Å². The normalized spacial score (nSPS) is 19.9. The minimum Gasteiger partial charge on any atom is -0.399 e. The van der Waals surface area contributed by atoms with E-state index >= 15 is 0 Å². The monoisotopic (exact) mass is 314 g/mol. The van der Waals surface area contributed by atoms with Gasteiger partial charge in [0.1, 0.15) is 5.37 Å². The number of hydrogen-bond donors (Lipinski definition) is 1. The predicted molar refractivity (Wildman–Crippen MR) is 82.2 cm³/mol. The summed E-state index contributed by atoms with van der Waals surface area (Å²) in [4.78, 5) is 13.8. The lowest BCUT2D eigenvalue weighted by Crippen LogP contribution is -2.50. The zero-order valence-electron chi connectivity index (χ0n) is 11.3. The van der Waals surface area contributed by atoms with Gasteiger partial charge < -0.3 is 10.6 Å². The fourth-order valence-corrected chi connectivity index (χ4v) is 4.97. The number of carbonyl (C=O) groups excluding carboxylic acids is 1. The first kappa shape index (κ1) is 15.2. The summed E-state index contributed by atoms with van der Waals surface area (Å²) < 4.78 is 23.5. The first-order chi connectivity index (χ1) is 9.38. The summed E-state index contributed by atoms with van der Waals surface area (Å²) in [6.45, 7) is 0.482. The Morgan fingerprint density at radius 3 is 2.65 bits per heavy atom. The Balaban J connectivity index is 2.12. The fourth-order valence-electron chi connectivity index (χ4n) is 2.13. The van der Waals surface area contributed by atoms with Crippen LogP contribution < -0.4 is 5.73 Å². The van der Waals surface area contributed by atoms with E-state index in [4.69, 9.17) is 5.73 Å². The highest BCUT2D eigenvalue weighted by Crippen LogP contribution is 2.21. The molecule has 1 saturated heterocycles. The zero-order valence-corrected chi connectivity index (χ0v) is 12.9. The number of hydrogen-bond acceptors (Lipinski definition) is 5. The second-order valence-electron chi connectivity index (χ2n) is 4.86. The van der Waals surface area contributed by atoms with Gasteiger partial charge >= 0.3 is 0 Å². The largest absolute Gasteiger partial charge is 0.399 e. The third-order valence-corrected chi connectivity index (χ3v) is 5.88. The smallest absolute Gasteiger partial charge is 0.228 e. The molecule has 5 nitrogen and oxygen atoms in total. The SMILES string of the molecule is CS(=O)(=O)C1CSCCN1C(=O)Cc1ccc(N)cc1. The van der Waals surface area contributed by atoms with Crippen LogP contribution in [-0.2, 0) is 21.1 Å². The number of sulfone groups is 1. The maximum atomic E-state index is 12.3. The molecular weight excluding hydrogens is 296 g/mol. The molecule has 110 valence electrons. The average molecular weight is 314 g/mol. The summed E-state index contributed by atoms with van der Waals surface area (Å²) in [5.41, 5.74) is 7.09. The average Bonchev–Trinajstić information content (AvgIpc) is 2.40. The van der Waals surface area contributed by atoms with Gasteiger partial charge in [0.25, 0.3) is 0 Å². The quantitative estimate of drug-likeness (QED) is 0.833. The summed E-state index contributed by atoms with van der Waals surface area (Å²) in [7, 11) is -3.25. The highest BCUT2D eigenvalue weighted by atomic mass is 32.2. The van der Waals surface area contributed by atoms with Crippen LogP contribution in [0.4, 0.5) is 5.69 Å². The minimum atomic E-state index is -3.25. The van der Waals surface area contributed by atoms with Gasteiger partial charge in [-0.15, -0.1) is 0 Å². The molecule has 0 radical (unpaired) electrons. The van der Waals surface area contributed by atoms with Gasteiger partial charge in [-0.1, -0.05) is 12.1 Å². The molecule has 1 fully saturated rings. The molecule has 1 aromatic rings. The topological polar surface area (TPSA) is 80.5 Å². The number of anilines is 1. The number of nitrogens with two attached hydrogens (primary N) is 1. The van der Waals surface area contributed by atoms with E-state index in [1.165, 1.54) is 11.2 Å². The van der Waals surface area contributed by atoms with E-state index in [0.29, 0.717) is 18.0 Å². The Kier molecular flexibility index (Phi) is 4.59. The summed E-state index contributed by atoms with van der Waals surface area (Å²) in [6.07, 6.45) is 1.39. The van der Waals surface area contributed by atoms with E-state index in [9.17, 15) is 13.2 Å². The van der Waals surface area contributed by atoms with Crippen molar-refractivity contribution in [1.82, 2.24) is 4.90 Å². The van der Waals surface area contributed by atoms with Crippen LogP contribution in [0.5, 0.6) is 0 Å². The van der Waals surface area contributed by atoms with Gasteiger partial charge in [-0.25, -0.2) is 8.42 Å². The lowest BCUT2D eigenvalue weighted by molar-refractivity contribution is -0.130. The number of benzene rings is 1. The number of carbonyl (C=O) groups is 1. The molecule has 0 saturated carbocycles. The number of amides is 1. The first-order valence-corrected chi connectivity index (χ1v) is 9.39. The standard InChI is InChI=1S/C13H18N2O3S2/c1-20(17,18)13-9-19-7-6-15(13)12(16)8-10-2-4-11(14)5-3-10/h2-5,13H,6-9,14H2,1H3. The van der Waals surface area contributed by atoms with Crippen LogP contribution in [0.1, 0.15) is 5.56 Å². The molecule has 1 amide bonds. The molecule has 0 aliphatic carbocycles. The van der Waals surface area contributed by atoms with Crippen LogP contribution >= 0.6 is 11.8 Å². The van der Waals surface area contributed by atoms with Crippen molar-refractivity contribution in [1.29, 1.82) is 0 Å². The molecule has 0 bridgehead atoms.